The Morgan fingerprint density at radius 2 is 2.05 bits per heavy atom. The van der Waals surface area contributed by atoms with Gasteiger partial charge in [0.15, 0.2) is 18.2 Å². The number of cyclic esters (lactones) is 1. The topological polar surface area (TPSA) is 74.2 Å². The van der Waals surface area contributed by atoms with E-state index in [0.717, 1.165) is 5.56 Å². The van der Waals surface area contributed by atoms with Crippen LogP contribution in [0.25, 0.3) is 6.08 Å². The molecule has 110 valence electrons. The van der Waals surface area contributed by atoms with Gasteiger partial charge in [0.05, 0.1) is 6.61 Å². The highest BCUT2D eigenvalue weighted by molar-refractivity contribution is 6.06. The van der Waals surface area contributed by atoms with Gasteiger partial charge in [-0.15, -0.1) is 0 Å². The molecule has 0 unspecified atom stereocenters. The van der Waals surface area contributed by atoms with Crippen molar-refractivity contribution in [3.63, 3.8) is 0 Å². The van der Waals surface area contributed by atoms with Gasteiger partial charge in [0.2, 0.25) is 0 Å². The van der Waals surface area contributed by atoms with Crippen molar-refractivity contribution in [3.8, 4) is 5.75 Å². The third kappa shape index (κ3) is 4.17. The van der Waals surface area contributed by atoms with E-state index in [-0.39, 0.29) is 12.3 Å². The third-order valence-corrected chi connectivity index (χ3v) is 2.57. The van der Waals surface area contributed by atoms with Crippen molar-refractivity contribution in [3.05, 3.63) is 35.5 Å². The predicted octanol–water partition coefficient (Wildman–Crippen LogP) is 1.94. The Morgan fingerprint density at radius 3 is 2.62 bits per heavy atom. The molecule has 0 bridgehead atoms. The highest BCUT2D eigenvalue weighted by atomic mass is 16.6. The summed E-state index contributed by atoms with van der Waals surface area (Å²) in [7, 11) is 0. The number of carbonyl (C=O) groups excluding carboxylic acids is 2. The molecule has 0 saturated heterocycles. The number of carbonyl (C=O) groups is 2. The van der Waals surface area contributed by atoms with Gasteiger partial charge in [-0.1, -0.05) is 12.1 Å². The van der Waals surface area contributed by atoms with E-state index < -0.39 is 11.9 Å². The lowest BCUT2D eigenvalue weighted by atomic mass is 10.2. The van der Waals surface area contributed by atoms with Crippen molar-refractivity contribution in [1.29, 1.82) is 0 Å². The van der Waals surface area contributed by atoms with Crippen molar-refractivity contribution in [1.82, 2.24) is 0 Å². The predicted molar refractivity (Wildman–Crippen MR) is 75.7 cm³/mol. The molecule has 1 heterocycles. The molecule has 1 aromatic carbocycles. The zero-order chi connectivity index (χ0) is 15.2. The first-order valence-electron chi connectivity index (χ1n) is 6.46. The maximum atomic E-state index is 11.4. The van der Waals surface area contributed by atoms with Gasteiger partial charge < -0.3 is 14.2 Å². The fourth-order valence-corrected chi connectivity index (χ4v) is 1.68. The van der Waals surface area contributed by atoms with E-state index in [1.807, 2.05) is 0 Å². The van der Waals surface area contributed by atoms with E-state index in [2.05, 4.69) is 4.99 Å². The van der Waals surface area contributed by atoms with Crippen LogP contribution in [0.4, 0.5) is 0 Å². The van der Waals surface area contributed by atoms with Crippen LogP contribution in [0.1, 0.15) is 19.4 Å². The average molecular weight is 289 g/mol. The molecule has 0 atom stereocenters. The monoisotopic (exact) mass is 289 g/mol. The molecule has 2 rings (SSSR count). The van der Waals surface area contributed by atoms with Gasteiger partial charge in [0.1, 0.15) is 5.75 Å². The average Bonchev–Trinajstić information content (AvgIpc) is 2.76. The first-order valence-corrected chi connectivity index (χ1v) is 6.46. The second-order valence-electron chi connectivity index (χ2n) is 4.21. The van der Waals surface area contributed by atoms with Crippen LogP contribution in [0.2, 0.25) is 0 Å². The van der Waals surface area contributed by atoms with Gasteiger partial charge in [0, 0.05) is 6.92 Å². The van der Waals surface area contributed by atoms with Crippen LogP contribution in [0.5, 0.6) is 5.75 Å². The van der Waals surface area contributed by atoms with Crippen molar-refractivity contribution >= 4 is 23.9 Å². The standard InChI is InChI=1S/C15H15NO5/c1-3-19-14(17)9-20-12-6-4-11(5-7-12)8-13-15(18)21-10(2)16-13/h4-8H,3,9H2,1-2H3/b13-8-. The maximum absolute atomic E-state index is 11.4. The summed E-state index contributed by atoms with van der Waals surface area (Å²) in [5, 5.41) is 0. The zero-order valence-electron chi connectivity index (χ0n) is 11.8. The molecule has 1 aliphatic heterocycles. The Labute approximate surface area is 122 Å². The van der Waals surface area contributed by atoms with Crippen LogP contribution in [0.15, 0.2) is 35.0 Å². The third-order valence-electron chi connectivity index (χ3n) is 2.57. The molecule has 0 fully saturated rings. The lowest BCUT2D eigenvalue weighted by molar-refractivity contribution is -0.145. The van der Waals surface area contributed by atoms with Crippen molar-refractivity contribution < 1.29 is 23.8 Å². The number of benzene rings is 1. The Bertz CT molecular complexity index is 601. The van der Waals surface area contributed by atoms with E-state index in [4.69, 9.17) is 14.2 Å². The quantitative estimate of drug-likeness (QED) is 0.611. The van der Waals surface area contributed by atoms with Gasteiger partial charge in [-0.3, -0.25) is 0 Å². The summed E-state index contributed by atoms with van der Waals surface area (Å²) in [6.07, 6.45) is 1.62. The molecule has 21 heavy (non-hydrogen) atoms. The van der Waals surface area contributed by atoms with Crippen LogP contribution in [0.3, 0.4) is 0 Å². The molecule has 1 aliphatic rings. The Kier molecular flexibility index (Phi) is 4.71. The smallest absolute Gasteiger partial charge is 0.363 e. The summed E-state index contributed by atoms with van der Waals surface area (Å²) in [6, 6.07) is 6.90. The summed E-state index contributed by atoms with van der Waals surface area (Å²) in [6.45, 7) is 3.54. The van der Waals surface area contributed by atoms with E-state index in [1.165, 1.54) is 0 Å². The van der Waals surface area contributed by atoms with Crippen LogP contribution >= 0.6 is 0 Å². The molecule has 1 aromatic rings. The van der Waals surface area contributed by atoms with Crippen LogP contribution < -0.4 is 4.74 Å². The van der Waals surface area contributed by atoms with Crippen molar-refractivity contribution in [2.45, 2.75) is 13.8 Å². The van der Waals surface area contributed by atoms with Crippen molar-refractivity contribution in [2.75, 3.05) is 13.2 Å². The van der Waals surface area contributed by atoms with Gasteiger partial charge in [-0.05, 0) is 30.7 Å². The van der Waals surface area contributed by atoms with Gasteiger partial charge in [-0.25, -0.2) is 14.6 Å². The molecule has 0 aliphatic carbocycles. The summed E-state index contributed by atoms with van der Waals surface area (Å²) < 4.78 is 14.9. The molecule has 0 radical (unpaired) electrons. The summed E-state index contributed by atoms with van der Waals surface area (Å²) in [5.74, 6) is -0.00290. The first-order chi connectivity index (χ1) is 10.1. The summed E-state index contributed by atoms with van der Waals surface area (Å²) >= 11 is 0. The Morgan fingerprint density at radius 1 is 1.33 bits per heavy atom. The second kappa shape index (κ2) is 6.69. The SMILES string of the molecule is CCOC(=O)COc1ccc(/C=C2\N=C(C)OC2=O)cc1. The molecule has 0 amide bonds. The summed E-state index contributed by atoms with van der Waals surface area (Å²) in [5.41, 5.74) is 1.04. The van der Waals surface area contributed by atoms with Crippen LogP contribution in [-0.2, 0) is 19.1 Å². The molecule has 0 N–H and O–H groups in total. The molecule has 0 saturated carbocycles. The van der Waals surface area contributed by atoms with Gasteiger partial charge in [0.25, 0.3) is 0 Å². The first kappa shape index (κ1) is 14.8. The highest BCUT2D eigenvalue weighted by Crippen LogP contribution is 2.18. The van der Waals surface area contributed by atoms with Crippen molar-refractivity contribution in [2.24, 2.45) is 4.99 Å². The number of hydrogen-bond donors (Lipinski definition) is 0. The minimum atomic E-state index is -0.463. The van der Waals surface area contributed by atoms with E-state index in [0.29, 0.717) is 18.3 Å². The van der Waals surface area contributed by atoms with Crippen LogP contribution in [0, 0.1) is 0 Å². The minimum Gasteiger partial charge on any atom is -0.482 e. The van der Waals surface area contributed by atoms with E-state index in [1.54, 1.807) is 44.2 Å². The number of hydrogen-bond acceptors (Lipinski definition) is 6. The molecular formula is C15H15NO5. The fourth-order valence-electron chi connectivity index (χ4n) is 1.68. The Balaban J connectivity index is 1.98. The van der Waals surface area contributed by atoms with Gasteiger partial charge >= 0.3 is 11.9 Å². The van der Waals surface area contributed by atoms with E-state index >= 15 is 0 Å². The number of nitrogens with zero attached hydrogens (tertiary/aromatic N) is 1. The number of ether oxygens (including phenoxy) is 3. The number of esters is 2. The minimum absolute atomic E-state index is 0.135. The van der Waals surface area contributed by atoms with Gasteiger partial charge in [-0.2, -0.15) is 0 Å². The molecule has 0 spiro atoms. The molecular weight excluding hydrogens is 274 g/mol. The molecule has 6 nitrogen and oxygen atoms in total. The number of aliphatic imine (C=N–C) groups is 1. The zero-order valence-corrected chi connectivity index (χ0v) is 11.8. The number of rotatable bonds is 5. The molecule has 6 heteroatoms. The second-order valence-corrected chi connectivity index (χ2v) is 4.21. The highest BCUT2D eigenvalue weighted by Gasteiger charge is 2.19. The summed E-state index contributed by atoms with van der Waals surface area (Å²) in [4.78, 5) is 26.6. The van der Waals surface area contributed by atoms with E-state index in [9.17, 15) is 9.59 Å². The van der Waals surface area contributed by atoms with Crippen LogP contribution in [-0.4, -0.2) is 31.1 Å². The fraction of sp³-hybridized carbons (Fsp3) is 0.267. The lowest BCUT2D eigenvalue weighted by Crippen LogP contribution is -2.14. The maximum Gasteiger partial charge on any atom is 0.363 e. The normalized spacial score (nSPS) is 15.6. The lowest BCUT2D eigenvalue weighted by Gasteiger charge is -2.05. The Hall–Kier alpha value is -2.63. The molecule has 0 aromatic heterocycles. The largest absolute Gasteiger partial charge is 0.482 e.